The average Bonchev–Trinajstić information content (AvgIpc) is 2.76. The molecule has 0 N–H and O–H groups in total. The number of isocyanates is 2. The number of rotatable bonds is 3. The first-order valence-corrected chi connectivity index (χ1v) is 7.82. The number of benzene rings is 2. The van der Waals surface area contributed by atoms with Crippen molar-refractivity contribution in [3.63, 3.8) is 0 Å². The van der Waals surface area contributed by atoms with Gasteiger partial charge in [0.05, 0.1) is 11.4 Å². The molecule has 3 rings (SSSR count). The van der Waals surface area contributed by atoms with Crippen molar-refractivity contribution in [2.45, 2.75) is 38.0 Å². The lowest BCUT2D eigenvalue weighted by Gasteiger charge is -2.28. The Morgan fingerprint density at radius 1 is 0.833 bits per heavy atom. The van der Waals surface area contributed by atoms with Crippen LogP contribution in [0.3, 0.4) is 0 Å². The van der Waals surface area contributed by atoms with Gasteiger partial charge in [0.25, 0.3) is 0 Å². The third-order valence-corrected chi connectivity index (χ3v) is 4.98. The van der Waals surface area contributed by atoms with E-state index in [2.05, 4.69) is 36.8 Å². The van der Waals surface area contributed by atoms with Crippen LogP contribution >= 0.6 is 0 Å². The van der Waals surface area contributed by atoms with Crippen LogP contribution in [-0.2, 0) is 20.4 Å². The van der Waals surface area contributed by atoms with E-state index in [4.69, 9.17) is 0 Å². The van der Waals surface area contributed by atoms with Gasteiger partial charge >= 0.3 is 0 Å². The van der Waals surface area contributed by atoms with Gasteiger partial charge in [0, 0.05) is 5.41 Å². The molecule has 0 amide bonds. The molecule has 4 heteroatoms. The molecule has 1 unspecified atom stereocenters. The van der Waals surface area contributed by atoms with E-state index in [1.165, 1.54) is 11.1 Å². The Kier molecular flexibility index (Phi) is 3.81. The maximum absolute atomic E-state index is 10.6. The summed E-state index contributed by atoms with van der Waals surface area (Å²) in [5, 5.41) is 0. The highest BCUT2D eigenvalue weighted by molar-refractivity contribution is 5.60. The molecule has 0 bridgehead atoms. The SMILES string of the molecule is CC1(C)CC(C)(c2ccc(N=C=O)cc2)c2cc(N=C=O)ccc21. The van der Waals surface area contributed by atoms with Crippen LogP contribution in [0, 0.1) is 0 Å². The smallest absolute Gasteiger partial charge is 0.211 e. The maximum Gasteiger partial charge on any atom is 0.240 e. The Hall–Kier alpha value is -2.80. The Morgan fingerprint density at radius 2 is 1.42 bits per heavy atom. The summed E-state index contributed by atoms with van der Waals surface area (Å²) in [5.41, 5.74) is 4.62. The summed E-state index contributed by atoms with van der Waals surface area (Å²) in [6.07, 6.45) is 4.11. The summed E-state index contributed by atoms with van der Waals surface area (Å²) >= 11 is 0. The van der Waals surface area contributed by atoms with E-state index in [1.807, 2.05) is 36.4 Å². The molecule has 0 saturated carbocycles. The first kappa shape index (κ1) is 16.1. The number of hydrogen-bond acceptors (Lipinski definition) is 4. The van der Waals surface area contributed by atoms with Gasteiger partial charge in [-0.05, 0) is 52.8 Å². The number of carbonyl (C=O) groups excluding carboxylic acids is 2. The van der Waals surface area contributed by atoms with E-state index in [0.29, 0.717) is 11.4 Å². The minimum atomic E-state index is -0.198. The zero-order valence-corrected chi connectivity index (χ0v) is 14.0. The van der Waals surface area contributed by atoms with Gasteiger partial charge in [0.1, 0.15) is 0 Å². The van der Waals surface area contributed by atoms with E-state index < -0.39 is 0 Å². The molecule has 24 heavy (non-hydrogen) atoms. The zero-order chi connectivity index (χ0) is 17.4. The highest BCUT2D eigenvalue weighted by Gasteiger charge is 2.45. The number of fused-ring (bicyclic) bond motifs is 1. The standard InChI is InChI=1S/C20H18N2O2/c1-19(2)11-20(3,14-4-6-15(7-5-14)21-12-23)18-10-16(22-13-24)8-9-17(18)19/h4-10H,11H2,1-3H3. The zero-order valence-electron chi connectivity index (χ0n) is 14.0. The quantitative estimate of drug-likeness (QED) is 0.613. The van der Waals surface area contributed by atoms with Gasteiger partial charge < -0.3 is 0 Å². The summed E-state index contributed by atoms with van der Waals surface area (Å²) in [6, 6.07) is 13.5. The van der Waals surface area contributed by atoms with Gasteiger partial charge in [0.15, 0.2) is 0 Å². The molecular weight excluding hydrogens is 300 g/mol. The Bertz CT molecular complexity index is 886. The van der Waals surface area contributed by atoms with Crippen LogP contribution in [-0.4, -0.2) is 12.2 Å². The first-order valence-electron chi connectivity index (χ1n) is 7.82. The van der Waals surface area contributed by atoms with Crippen molar-refractivity contribution in [2.24, 2.45) is 9.98 Å². The Labute approximate surface area is 141 Å². The van der Waals surface area contributed by atoms with Gasteiger partial charge in [-0.15, -0.1) is 0 Å². The van der Waals surface area contributed by atoms with E-state index in [0.717, 1.165) is 12.0 Å². The molecule has 0 spiro atoms. The van der Waals surface area contributed by atoms with Crippen molar-refractivity contribution < 1.29 is 9.59 Å². The van der Waals surface area contributed by atoms with Crippen LogP contribution < -0.4 is 0 Å². The maximum atomic E-state index is 10.6. The Morgan fingerprint density at radius 3 is 2.04 bits per heavy atom. The molecule has 0 saturated heterocycles. The molecule has 0 aliphatic heterocycles. The second-order valence-electron chi connectivity index (χ2n) is 7.08. The minimum Gasteiger partial charge on any atom is -0.211 e. The fraction of sp³-hybridized carbons (Fsp3) is 0.300. The van der Waals surface area contributed by atoms with Crippen molar-refractivity contribution in [1.29, 1.82) is 0 Å². The minimum absolute atomic E-state index is 0.0210. The fourth-order valence-electron chi connectivity index (χ4n) is 3.99. The molecular formula is C20H18N2O2. The topological polar surface area (TPSA) is 58.9 Å². The molecule has 1 aliphatic rings. The number of nitrogens with zero attached hydrogens (tertiary/aromatic N) is 2. The van der Waals surface area contributed by atoms with Gasteiger partial charge in [-0.25, -0.2) is 9.59 Å². The Balaban J connectivity index is 2.16. The highest BCUT2D eigenvalue weighted by atomic mass is 16.1. The summed E-state index contributed by atoms with van der Waals surface area (Å²) in [7, 11) is 0. The monoisotopic (exact) mass is 318 g/mol. The third kappa shape index (κ3) is 2.52. The number of hydrogen-bond donors (Lipinski definition) is 0. The first-order chi connectivity index (χ1) is 11.4. The lowest BCUT2D eigenvalue weighted by Crippen LogP contribution is -2.23. The fourth-order valence-corrected chi connectivity index (χ4v) is 3.99. The van der Waals surface area contributed by atoms with Crippen LogP contribution in [0.1, 0.15) is 43.9 Å². The second kappa shape index (κ2) is 5.68. The van der Waals surface area contributed by atoms with Crippen molar-refractivity contribution in [3.8, 4) is 0 Å². The summed E-state index contributed by atoms with van der Waals surface area (Å²) in [4.78, 5) is 28.4. The van der Waals surface area contributed by atoms with Gasteiger partial charge in [-0.3, -0.25) is 0 Å². The molecule has 0 fully saturated rings. The van der Waals surface area contributed by atoms with Crippen molar-refractivity contribution in [2.75, 3.05) is 0 Å². The second-order valence-corrected chi connectivity index (χ2v) is 7.08. The molecule has 0 aromatic heterocycles. The van der Waals surface area contributed by atoms with Crippen molar-refractivity contribution in [1.82, 2.24) is 0 Å². The van der Waals surface area contributed by atoms with E-state index >= 15 is 0 Å². The predicted octanol–water partition coefficient (Wildman–Crippen LogP) is 4.61. The van der Waals surface area contributed by atoms with Crippen LogP contribution in [0.4, 0.5) is 11.4 Å². The van der Waals surface area contributed by atoms with E-state index in [9.17, 15) is 9.59 Å². The van der Waals surface area contributed by atoms with Crippen LogP contribution in [0.25, 0.3) is 0 Å². The highest BCUT2D eigenvalue weighted by Crippen LogP contribution is 2.53. The molecule has 2 aromatic carbocycles. The van der Waals surface area contributed by atoms with Crippen LogP contribution in [0.5, 0.6) is 0 Å². The molecule has 0 heterocycles. The number of aliphatic imine (C=N–C) groups is 2. The van der Waals surface area contributed by atoms with Crippen molar-refractivity contribution >= 4 is 23.5 Å². The molecule has 1 aliphatic carbocycles. The van der Waals surface area contributed by atoms with Gasteiger partial charge in [-0.2, -0.15) is 9.98 Å². The third-order valence-electron chi connectivity index (χ3n) is 4.98. The molecule has 1 atom stereocenters. The largest absolute Gasteiger partial charge is 0.240 e. The molecule has 0 radical (unpaired) electrons. The molecule has 4 nitrogen and oxygen atoms in total. The summed E-state index contributed by atoms with van der Waals surface area (Å²) < 4.78 is 0. The molecule has 120 valence electrons. The van der Waals surface area contributed by atoms with E-state index in [1.54, 1.807) is 12.2 Å². The average molecular weight is 318 g/mol. The lowest BCUT2D eigenvalue weighted by atomic mass is 9.75. The normalized spacial score (nSPS) is 20.6. The summed E-state index contributed by atoms with van der Waals surface area (Å²) in [5.74, 6) is 0. The predicted molar refractivity (Wildman–Crippen MR) is 92.5 cm³/mol. The van der Waals surface area contributed by atoms with Crippen LogP contribution in [0.15, 0.2) is 52.4 Å². The van der Waals surface area contributed by atoms with Gasteiger partial charge in [-0.1, -0.05) is 39.0 Å². The van der Waals surface area contributed by atoms with Crippen LogP contribution in [0.2, 0.25) is 0 Å². The summed E-state index contributed by atoms with van der Waals surface area (Å²) in [6.45, 7) is 6.66. The van der Waals surface area contributed by atoms with Gasteiger partial charge in [0.2, 0.25) is 12.2 Å². The lowest BCUT2D eigenvalue weighted by molar-refractivity contribution is 0.425. The van der Waals surface area contributed by atoms with E-state index in [-0.39, 0.29) is 10.8 Å². The molecule has 2 aromatic rings. The van der Waals surface area contributed by atoms with Crippen molar-refractivity contribution in [3.05, 3.63) is 59.2 Å².